The second kappa shape index (κ2) is 9.74. The fourth-order valence-corrected chi connectivity index (χ4v) is 4.52. The molecule has 2 aromatic heterocycles. The van der Waals surface area contributed by atoms with Crippen molar-refractivity contribution in [1.82, 2.24) is 15.5 Å². The molecule has 132 valence electrons. The second-order valence-corrected chi connectivity index (χ2v) is 8.13. The molecular weight excluding hydrogens is 451 g/mol. The first-order chi connectivity index (χ1) is 11.2. The number of thiophene rings is 2. The van der Waals surface area contributed by atoms with Crippen LogP contribution >= 0.6 is 46.7 Å². The standard InChI is InChI=1S/C17H24N4S2.HI/c1-13-3-4-15(23-13)11-20-17(18-2)19-7-9-21-8-5-16-14(12-21)6-10-22-16;/h3-4,6,10H,5,7-9,11-12H2,1-2H3,(H2,18,19,20);1H. The number of hydrogen-bond donors (Lipinski definition) is 2. The minimum atomic E-state index is 0. The van der Waals surface area contributed by atoms with E-state index >= 15 is 0 Å². The molecule has 0 amide bonds. The minimum absolute atomic E-state index is 0. The molecule has 24 heavy (non-hydrogen) atoms. The van der Waals surface area contributed by atoms with Gasteiger partial charge < -0.3 is 10.6 Å². The molecule has 0 saturated carbocycles. The molecule has 3 rings (SSSR count). The second-order valence-electron chi connectivity index (χ2n) is 5.76. The summed E-state index contributed by atoms with van der Waals surface area (Å²) in [7, 11) is 1.83. The Balaban J connectivity index is 0.00000208. The zero-order valence-electron chi connectivity index (χ0n) is 14.2. The summed E-state index contributed by atoms with van der Waals surface area (Å²) in [6.07, 6.45) is 1.19. The number of nitrogens with zero attached hydrogens (tertiary/aromatic N) is 2. The summed E-state index contributed by atoms with van der Waals surface area (Å²) in [5, 5.41) is 9.01. The average molecular weight is 476 g/mol. The Morgan fingerprint density at radius 3 is 2.92 bits per heavy atom. The van der Waals surface area contributed by atoms with E-state index in [1.54, 1.807) is 4.88 Å². The Kier molecular flexibility index (Phi) is 7.99. The maximum Gasteiger partial charge on any atom is 0.191 e. The van der Waals surface area contributed by atoms with E-state index in [0.717, 1.165) is 38.7 Å². The third-order valence-electron chi connectivity index (χ3n) is 4.06. The van der Waals surface area contributed by atoms with Crippen molar-refractivity contribution in [1.29, 1.82) is 0 Å². The number of rotatable bonds is 5. The first kappa shape index (κ1) is 19.7. The molecule has 3 heterocycles. The van der Waals surface area contributed by atoms with Crippen LogP contribution in [-0.4, -0.2) is 37.5 Å². The van der Waals surface area contributed by atoms with Crippen molar-refractivity contribution in [2.45, 2.75) is 26.4 Å². The Morgan fingerprint density at radius 2 is 2.17 bits per heavy atom. The van der Waals surface area contributed by atoms with E-state index in [1.807, 2.05) is 29.7 Å². The lowest BCUT2D eigenvalue weighted by Gasteiger charge is -2.27. The van der Waals surface area contributed by atoms with E-state index in [0.29, 0.717) is 0 Å². The van der Waals surface area contributed by atoms with Crippen molar-refractivity contribution in [2.24, 2.45) is 4.99 Å². The van der Waals surface area contributed by atoms with Crippen molar-refractivity contribution in [3.05, 3.63) is 43.8 Å². The Hall–Kier alpha value is -0.640. The van der Waals surface area contributed by atoms with Crippen molar-refractivity contribution < 1.29 is 0 Å². The lowest BCUT2D eigenvalue weighted by molar-refractivity contribution is 0.260. The highest BCUT2D eigenvalue weighted by Gasteiger charge is 2.16. The molecule has 2 N–H and O–H groups in total. The summed E-state index contributed by atoms with van der Waals surface area (Å²) in [6.45, 7) is 7.19. The molecule has 0 spiro atoms. The third kappa shape index (κ3) is 5.44. The Bertz CT molecular complexity index is 665. The highest BCUT2D eigenvalue weighted by atomic mass is 127. The van der Waals surface area contributed by atoms with Crippen LogP contribution in [0.25, 0.3) is 0 Å². The van der Waals surface area contributed by atoms with E-state index in [9.17, 15) is 0 Å². The number of aryl methyl sites for hydroxylation is 1. The van der Waals surface area contributed by atoms with Gasteiger partial charge in [0.1, 0.15) is 0 Å². The monoisotopic (exact) mass is 476 g/mol. The van der Waals surface area contributed by atoms with Crippen molar-refractivity contribution in [3.63, 3.8) is 0 Å². The largest absolute Gasteiger partial charge is 0.355 e. The van der Waals surface area contributed by atoms with E-state index in [2.05, 4.69) is 51.0 Å². The van der Waals surface area contributed by atoms with Crippen LogP contribution in [0, 0.1) is 6.92 Å². The lowest BCUT2D eigenvalue weighted by Crippen LogP contribution is -2.42. The van der Waals surface area contributed by atoms with Crippen molar-refractivity contribution >= 4 is 52.6 Å². The quantitative estimate of drug-likeness (QED) is 0.395. The van der Waals surface area contributed by atoms with Crippen LogP contribution < -0.4 is 10.6 Å². The van der Waals surface area contributed by atoms with Gasteiger partial charge in [-0.05, 0) is 42.5 Å². The molecule has 0 saturated heterocycles. The Labute approximate surface area is 169 Å². The van der Waals surface area contributed by atoms with Crippen LogP contribution in [0.5, 0.6) is 0 Å². The first-order valence-electron chi connectivity index (χ1n) is 8.02. The highest BCUT2D eigenvalue weighted by molar-refractivity contribution is 14.0. The summed E-state index contributed by atoms with van der Waals surface area (Å²) < 4.78 is 0. The van der Waals surface area contributed by atoms with E-state index < -0.39 is 0 Å². The van der Waals surface area contributed by atoms with E-state index in [1.165, 1.54) is 21.7 Å². The van der Waals surface area contributed by atoms with Gasteiger partial charge in [0.2, 0.25) is 0 Å². The molecule has 4 nitrogen and oxygen atoms in total. The minimum Gasteiger partial charge on any atom is -0.355 e. The highest BCUT2D eigenvalue weighted by Crippen LogP contribution is 2.23. The van der Waals surface area contributed by atoms with Gasteiger partial charge in [0.25, 0.3) is 0 Å². The van der Waals surface area contributed by atoms with Gasteiger partial charge in [-0.25, -0.2) is 0 Å². The zero-order chi connectivity index (χ0) is 16.1. The number of nitrogens with one attached hydrogen (secondary N) is 2. The normalized spacial score (nSPS) is 14.8. The number of hydrogen-bond acceptors (Lipinski definition) is 4. The van der Waals surface area contributed by atoms with Gasteiger partial charge in [-0.2, -0.15) is 0 Å². The van der Waals surface area contributed by atoms with Gasteiger partial charge in [0, 0.05) is 47.9 Å². The lowest BCUT2D eigenvalue weighted by atomic mass is 10.1. The predicted molar refractivity (Wildman–Crippen MR) is 116 cm³/mol. The van der Waals surface area contributed by atoms with Crippen LogP contribution in [0.2, 0.25) is 0 Å². The van der Waals surface area contributed by atoms with E-state index in [-0.39, 0.29) is 24.0 Å². The van der Waals surface area contributed by atoms with Gasteiger partial charge in [-0.1, -0.05) is 0 Å². The molecule has 0 radical (unpaired) electrons. The molecule has 7 heteroatoms. The summed E-state index contributed by atoms with van der Waals surface area (Å²) >= 11 is 3.72. The van der Waals surface area contributed by atoms with Crippen molar-refractivity contribution in [2.75, 3.05) is 26.7 Å². The fraction of sp³-hybridized carbons (Fsp3) is 0.471. The molecular formula is C17H25IN4S2. The molecule has 0 atom stereocenters. The SMILES string of the molecule is CN=C(NCCN1CCc2sccc2C1)NCc1ccc(C)s1.I. The van der Waals surface area contributed by atoms with Gasteiger partial charge in [-0.15, -0.1) is 46.7 Å². The van der Waals surface area contributed by atoms with Gasteiger partial charge in [0.15, 0.2) is 5.96 Å². The Morgan fingerprint density at radius 1 is 1.29 bits per heavy atom. The zero-order valence-corrected chi connectivity index (χ0v) is 18.1. The van der Waals surface area contributed by atoms with Crippen LogP contribution in [0.15, 0.2) is 28.6 Å². The fourth-order valence-electron chi connectivity index (χ4n) is 2.80. The summed E-state index contributed by atoms with van der Waals surface area (Å²) in [5.74, 6) is 0.879. The summed E-state index contributed by atoms with van der Waals surface area (Å²) in [4.78, 5) is 11.1. The molecule has 0 unspecified atom stereocenters. The third-order valence-corrected chi connectivity index (χ3v) is 6.08. The maximum absolute atomic E-state index is 4.30. The van der Waals surface area contributed by atoms with Gasteiger partial charge >= 0.3 is 0 Å². The van der Waals surface area contributed by atoms with Crippen LogP contribution in [0.4, 0.5) is 0 Å². The number of guanidine groups is 1. The maximum atomic E-state index is 4.30. The number of fused-ring (bicyclic) bond motifs is 1. The van der Waals surface area contributed by atoms with Crippen LogP contribution in [0.3, 0.4) is 0 Å². The van der Waals surface area contributed by atoms with Crippen LogP contribution in [-0.2, 0) is 19.5 Å². The number of halogens is 1. The van der Waals surface area contributed by atoms with Crippen LogP contribution in [0.1, 0.15) is 20.2 Å². The first-order valence-corrected chi connectivity index (χ1v) is 9.71. The summed E-state index contributed by atoms with van der Waals surface area (Å²) in [6, 6.07) is 6.60. The molecule has 1 aliphatic heterocycles. The molecule has 0 aliphatic carbocycles. The van der Waals surface area contributed by atoms with Gasteiger partial charge in [-0.3, -0.25) is 9.89 Å². The summed E-state index contributed by atoms with van der Waals surface area (Å²) in [5.41, 5.74) is 1.51. The predicted octanol–water partition coefficient (Wildman–Crippen LogP) is 3.46. The molecule has 1 aliphatic rings. The molecule has 2 aromatic rings. The topological polar surface area (TPSA) is 39.7 Å². The average Bonchev–Trinajstić information content (AvgIpc) is 3.18. The molecule has 0 aromatic carbocycles. The van der Waals surface area contributed by atoms with Crippen molar-refractivity contribution in [3.8, 4) is 0 Å². The molecule has 0 fully saturated rings. The van der Waals surface area contributed by atoms with Gasteiger partial charge in [0.05, 0.1) is 6.54 Å². The van der Waals surface area contributed by atoms with E-state index in [4.69, 9.17) is 0 Å². The molecule has 0 bridgehead atoms. The number of aliphatic imine (C=N–C) groups is 1. The smallest absolute Gasteiger partial charge is 0.191 e.